The summed E-state index contributed by atoms with van der Waals surface area (Å²) >= 11 is 0. The van der Waals surface area contributed by atoms with Gasteiger partial charge in [0.25, 0.3) is 5.78 Å². The van der Waals surface area contributed by atoms with Crippen LogP contribution in [-0.2, 0) is 5.92 Å². The van der Waals surface area contributed by atoms with Gasteiger partial charge in [-0.05, 0) is 13.0 Å². The molecule has 2 heterocycles. The molecule has 17 heteroatoms. The van der Waals surface area contributed by atoms with E-state index in [0.717, 1.165) is 6.92 Å². The molecule has 0 unspecified atom stereocenters. The summed E-state index contributed by atoms with van der Waals surface area (Å²) in [5.41, 5.74) is -2.85. The third-order valence-corrected chi connectivity index (χ3v) is 3.68. The molecule has 0 fully saturated rings. The molecule has 2 aromatic heterocycles. The fourth-order valence-corrected chi connectivity index (χ4v) is 2.05. The van der Waals surface area contributed by atoms with Crippen molar-refractivity contribution in [3.8, 4) is 0 Å². The van der Waals surface area contributed by atoms with E-state index in [-0.39, 0.29) is 6.07 Å². The molecule has 0 aliphatic heterocycles. The predicted molar refractivity (Wildman–Crippen MR) is 65.3 cm³/mol. The van der Waals surface area contributed by atoms with Gasteiger partial charge in [0.1, 0.15) is 12.0 Å². The monoisotopic (exact) mass is 452 g/mol. The van der Waals surface area contributed by atoms with Crippen molar-refractivity contribution in [1.82, 2.24) is 19.6 Å². The molecule has 0 bridgehead atoms. The Morgan fingerprint density at radius 1 is 0.724 bits per heavy atom. The van der Waals surface area contributed by atoms with Crippen LogP contribution in [-0.4, -0.2) is 49.4 Å². The third-order valence-electron chi connectivity index (χ3n) is 3.68. The molecule has 0 saturated heterocycles. The lowest BCUT2D eigenvalue weighted by Gasteiger charge is -2.39. The lowest BCUT2D eigenvalue weighted by molar-refractivity contribution is -0.442. The number of alkyl halides is 13. The first-order valence-electron chi connectivity index (χ1n) is 6.87. The van der Waals surface area contributed by atoms with E-state index >= 15 is 0 Å². The van der Waals surface area contributed by atoms with Crippen molar-refractivity contribution >= 4 is 5.78 Å². The summed E-state index contributed by atoms with van der Waals surface area (Å²) in [5.74, 6) is -38.4. The van der Waals surface area contributed by atoms with Crippen molar-refractivity contribution in [2.75, 3.05) is 0 Å². The molecule has 164 valence electrons. The first kappa shape index (κ1) is 22.9. The van der Waals surface area contributed by atoms with Gasteiger partial charge in [-0.25, -0.2) is 9.50 Å². The van der Waals surface area contributed by atoms with Gasteiger partial charge in [0.2, 0.25) is 0 Å². The Labute approximate surface area is 150 Å². The number of hydrogen-bond donors (Lipinski definition) is 0. The molecule has 4 nitrogen and oxygen atoms in total. The Hall–Kier alpha value is -2.36. The standard InChI is InChI=1S/C12H5F13N4/c1-4-2-5(28-6-26-3-27-29(4)6)7(13,14)8(15,16)9(17,18)10(19,20)11(21,22)12(23,24)25/h2-3H,1H3. The lowest BCUT2D eigenvalue weighted by Crippen LogP contribution is -2.69. The van der Waals surface area contributed by atoms with Gasteiger partial charge < -0.3 is 0 Å². The largest absolute Gasteiger partial charge is 0.460 e. The Balaban J connectivity index is 2.66. The predicted octanol–water partition coefficient (Wildman–Crippen LogP) is 4.63. The van der Waals surface area contributed by atoms with Crippen molar-refractivity contribution in [1.29, 1.82) is 0 Å². The molecule has 0 spiro atoms. The highest BCUT2D eigenvalue weighted by Crippen LogP contribution is 2.61. The summed E-state index contributed by atoms with van der Waals surface area (Å²) in [7, 11) is 0. The zero-order valence-corrected chi connectivity index (χ0v) is 13.4. The number of halogens is 13. The minimum Gasteiger partial charge on any atom is -0.209 e. The molecule has 0 saturated carbocycles. The van der Waals surface area contributed by atoms with Crippen LogP contribution >= 0.6 is 0 Å². The second-order valence-corrected chi connectivity index (χ2v) is 5.62. The Bertz CT molecular complexity index is 914. The van der Waals surface area contributed by atoms with Gasteiger partial charge in [0.15, 0.2) is 0 Å². The van der Waals surface area contributed by atoms with Gasteiger partial charge in [-0.15, -0.1) is 0 Å². The number of hydrogen-bond acceptors (Lipinski definition) is 3. The molecule has 29 heavy (non-hydrogen) atoms. The van der Waals surface area contributed by atoms with Crippen LogP contribution in [0.2, 0.25) is 0 Å². The highest BCUT2D eigenvalue weighted by Gasteiger charge is 2.91. The van der Waals surface area contributed by atoms with Crippen LogP contribution in [0.15, 0.2) is 12.4 Å². The van der Waals surface area contributed by atoms with Gasteiger partial charge in [-0.2, -0.15) is 67.2 Å². The number of fused-ring (bicyclic) bond motifs is 1. The molecule has 0 atom stereocenters. The first-order chi connectivity index (χ1) is 12.7. The zero-order chi connectivity index (χ0) is 22.8. The SMILES string of the molecule is Cc1cc(C(F)(F)C(F)(F)C(F)(F)C(F)(F)C(F)(F)C(F)(F)F)nc2ncnn12. The summed E-state index contributed by atoms with van der Waals surface area (Å²) in [5, 5.41) is 3.37. The minimum absolute atomic E-state index is 0.0360. The molecule has 2 aromatic rings. The maximum Gasteiger partial charge on any atom is 0.460 e. The molecule has 0 radical (unpaired) electrons. The zero-order valence-electron chi connectivity index (χ0n) is 13.4. The maximum absolute atomic E-state index is 14.0. The number of aryl methyl sites for hydroxylation is 1. The van der Waals surface area contributed by atoms with Gasteiger partial charge in [0.05, 0.1) is 0 Å². The first-order valence-corrected chi connectivity index (χ1v) is 6.87. The summed E-state index contributed by atoms with van der Waals surface area (Å²) < 4.78 is 171. The highest BCUT2D eigenvalue weighted by atomic mass is 19.4. The van der Waals surface area contributed by atoms with Crippen LogP contribution in [0.5, 0.6) is 0 Å². The van der Waals surface area contributed by atoms with Crippen molar-refractivity contribution < 1.29 is 57.1 Å². The fraction of sp³-hybridized carbons (Fsp3) is 0.583. The average Bonchev–Trinajstić information content (AvgIpc) is 3.02. The van der Waals surface area contributed by atoms with E-state index in [1.807, 2.05) is 0 Å². The Kier molecular flexibility index (Phi) is 4.80. The Morgan fingerprint density at radius 2 is 1.21 bits per heavy atom. The van der Waals surface area contributed by atoms with Crippen molar-refractivity contribution in [3.63, 3.8) is 0 Å². The molecule has 0 aliphatic carbocycles. The summed E-state index contributed by atoms with van der Waals surface area (Å²) in [4.78, 5) is 5.89. The quantitative estimate of drug-likeness (QED) is 0.622. The number of nitrogens with zero attached hydrogens (tertiary/aromatic N) is 4. The molecular weight excluding hydrogens is 447 g/mol. The molecule has 0 aromatic carbocycles. The van der Waals surface area contributed by atoms with Gasteiger partial charge in [-0.3, -0.25) is 0 Å². The van der Waals surface area contributed by atoms with Crippen molar-refractivity contribution in [2.24, 2.45) is 0 Å². The van der Waals surface area contributed by atoms with E-state index in [9.17, 15) is 57.1 Å². The minimum atomic E-state index is -7.96. The lowest BCUT2D eigenvalue weighted by atomic mass is 9.92. The van der Waals surface area contributed by atoms with Gasteiger partial charge >= 0.3 is 35.8 Å². The molecular formula is C12H5F13N4. The van der Waals surface area contributed by atoms with E-state index in [1.165, 1.54) is 0 Å². The number of rotatable bonds is 5. The van der Waals surface area contributed by atoms with Crippen LogP contribution in [0.25, 0.3) is 5.78 Å². The highest BCUT2D eigenvalue weighted by molar-refractivity contribution is 5.33. The van der Waals surface area contributed by atoms with Gasteiger partial charge in [0, 0.05) is 5.69 Å². The second-order valence-electron chi connectivity index (χ2n) is 5.62. The van der Waals surface area contributed by atoms with Crippen LogP contribution in [0, 0.1) is 6.92 Å². The average molecular weight is 452 g/mol. The van der Waals surface area contributed by atoms with Gasteiger partial charge in [-0.1, -0.05) is 0 Å². The second kappa shape index (κ2) is 6.07. The summed E-state index contributed by atoms with van der Waals surface area (Å²) in [6.45, 7) is 0.894. The van der Waals surface area contributed by atoms with Crippen LogP contribution in [0.3, 0.4) is 0 Å². The number of aromatic nitrogens is 4. The summed E-state index contributed by atoms with van der Waals surface area (Å²) in [6, 6.07) is -0.0360. The Morgan fingerprint density at radius 3 is 1.69 bits per heavy atom. The van der Waals surface area contributed by atoms with E-state index < -0.39 is 53.0 Å². The van der Waals surface area contributed by atoms with Crippen LogP contribution < -0.4 is 0 Å². The molecule has 0 aliphatic rings. The van der Waals surface area contributed by atoms with Crippen molar-refractivity contribution in [2.45, 2.75) is 42.7 Å². The summed E-state index contributed by atoms with van der Waals surface area (Å²) in [6.07, 6.45) is -6.80. The van der Waals surface area contributed by atoms with E-state index in [4.69, 9.17) is 0 Å². The third kappa shape index (κ3) is 2.87. The maximum atomic E-state index is 14.0. The fourth-order valence-electron chi connectivity index (χ4n) is 2.05. The van der Waals surface area contributed by atoms with Crippen LogP contribution in [0.1, 0.15) is 11.4 Å². The van der Waals surface area contributed by atoms with Crippen molar-refractivity contribution in [3.05, 3.63) is 23.8 Å². The van der Waals surface area contributed by atoms with E-state index in [1.54, 1.807) is 0 Å². The smallest absolute Gasteiger partial charge is 0.209 e. The topological polar surface area (TPSA) is 43.1 Å². The molecule has 0 N–H and O–H groups in total. The molecule has 0 amide bonds. The van der Waals surface area contributed by atoms with E-state index in [2.05, 4.69) is 15.1 Å². The van der Waals surface area contributed by atoms with E-state index in [0.29, 0.717) is 10.8 Å². The normalized spacial score (nSPS) is 15.2. The molecule has 2 rings (SSSR count). The van der Waals surface area contributed by atoms with Crippen LogP contribution in [0.4, 0.5) is 57.1 Å².